The van der Waals surface area contributed by atoms with Gasteiger partial charge in [-0.15, -0.1) is 0 Å². The number of rotatable bonds is 9. The Morgan fingerprint density at radius 2 is 1.60 bits per heavy atom. The Morgan fingerprint density at radius 3 is 2.23 bits per heavy atom. The molecule has 9 nitrogen and oxygen atoms in total. The summed E-state index contributed by atoms with van der Waals surface area (Å²) in [5, 5.41) is 12.5. The van der Waals surface area contributed by atoms with Crippen LogP contribution in [0.5, 0.6) is 0 Å². The van der Waals surface area contributed by atoms with E-state index in [1.165, 1.54) is 0 Å². The number of hydrogen-bond donors (Lipinski definition) is 2. The van der Waals surface area contributed by atoms with Crippen molar-refractivity contribution in [3.8, 4) is 0 Å². The van der Waals surface area contributed by atoms with Gasteiger partial charge in [-0.25, -0.2) is 0 Å². The van der Waals surface area contributed by atoms with Gasteiger partial charge in [-0.2, -0.15) is 0 Å². The van der Waals surface area contributed by atoms with Crippen molar-refractivity contribution in [3.63, 3.8) is 0 Å². The zero-order valence-electron chi connectivity index (χ0n) is 32.8. The highest BCUT2D eigenvalue weighted by molar-refractivity contribution is 6.40. The number of aliphatic carboxylic acids is 1. The Balaban J connectivity index is 1.28. The second-order valence-electron chi connectivity index (χ2n) is 19.4. The summed E-state index contributed by atoms with van der Waals surface area (Å²) in [5.41, 5.74) is -0.204. The Morgan fingerprint density at radius 1 is 0.923 bits per heavy atom. The van der Waals surface area contributed by atoms with Crippen molar-refractivity contribution in [2.24, 2.45) is 56.2 Å². The predicted molar refractivity (Wildman–Crippen MR) is 196 cm³/mol. The third kappa shape index (κ3) is 5.69. The Labute approximate surface area is 309 Å². The molecule has 0 saturated heterocycles. The van der Waals surface area contributed by atoms with E-state index >= 15 is 0 Å². The number of ether oxygens (including phenoxy) is 1. The van der Waals surface area contributed by atoms with Crippen LogP contribution in [0.15, 0.2) is 35.7 Å². The van der Waals surface area contributed by atoms with Gasteiger partial charge in [0.25, 0.3) is 5.91 Å². The molecule has 284 valence electrons. The van der Waals surface area contributed by atoms with Gasteiger partial charge in [-0.3, -0.25) is 29.0 Å². The fraction of sp³-hybridized carbons (Fsp3) is 0.721. The molecule has 0 aromatic carbocycles. The first-order chi connectivity index (χ1) is 24.2. The quantitative estimate of drug-likeness (QED) is 0.196. The van der Waals surface area contributed by atoms with Crippen molar-refractivity contribution in [1.82, 2.24) is 10.3 Å². The number of pyridine rings is 1. The Bertz CT molecular complexity index is 1700. The average Bonchev–Trinajstić information content (AvgIpc) is 3.38. The monoisotopic (exact) mass is 716 g/mol. The topological polar surface area (TPSA) is 140 Å². The molecule has 4 saturated carbocycles. The molecular formula is C43H60N2O7. The maximum atomic E-state index is 14.4. The lowest BCUT2D eigenvalue weighted by Gasteiger charge is -2.72. The fourth-order valence-electron chi connectivity index (χ4n) is 12.7. The molecule has 8 atom stereocenters. The number of aromatic nitrogens is 1. The first kappa shape index (κ1) is 38.4. The number of carbonyl (C=O) groups excluding carboxylic acids is 4. The number of nitrogens with zero attached hydrogens (tertiary/aromatic N) is 1. The smallest absolute Gasteiger partial charge is 0.309 e. The van der Waals surface area contributed by atoms with Gasteiger partial charge in [0.05, 0.1) is 17.3 Å². The first-order valence-corrected chi connectivity index (χ1v) is 19.6. The van der Waals surface area contributed by atoms with Gasteiger partial charge in [-0.05, 0) is 134 Å². The van der Waals surface area contributed by atoms with Crippen molar-refractivity contribution in [2.45, 2.75) is 139 Å². The van der Waals surface area contributed by atoms with Gasteiger partial charge in [0.15, 0.2) is 5.78 Å². The molecule has 6 rings (SSSR count). The number of esters is 1. The number of amides is 1. The van der Waals surface area contributed by atoms with E-state index in [2.05, 4.69) is 44.9 Å². The number of hydrogen-bond acceptors (Lipinski definition) is 7. The molecule has 0 bridgehead atoms. The van der Waals surface area contributed by atoms with Gasteiger partial charge >= 0.3 is 11.9 Å². The maximum Gasteiger partial charge on any atom is 0.309 e. The van der Waals surface area contributed by atoms with Crippen LogP contribution in [0.3, 0.4) is 0 Å². The minimum Gasteiger partial charge on any atom is -0.481 e. The highest BCUT2D eigenvalue weighted by Gasteiger charge is 2.71. The van der Waals surface area contributed by atoms with Crippen molar-refractivity contribution in [2.75, 3.05) is 0 Å². The van der Waals surface area contributed by atoms with Crippen LogP contribution in [0.25, 0.3) is 0 Å². The zero-order chi connectivity index (χ0) is 38.2. The summed E-state index contributed by atoms with van der Waals surface area (Å²) in [4.78, 5) is 70.9. The van der Waals surface area contributed by atoms with Crippen LogP contribution in [-0.4, -0.2) is 45.6 Å². The Kier molecular flexibility index (Phi) is 9.52. The van der Waals surface area contributed by atoms with Crippen LogP contribution in [0, 0.1) is 56.2 Å². The molecule has 52 heavy (non-hydrogen) atoms. The van der Waals surface area contributed by atoms with E-state index in [0.717, 1.165) is 61.7 Å². The summed E-state index contributed by atoms with van der Waals surface area (Å²) < 4.78 is 6.13. The third-order valence-corrected chi connectivity index (χ3v) is 15.7. The number of allylic oxidation sites excluding steroid dienone is 2. The molecule has 5 aliphatic carbocycles. The molecule has 0 spiro atoms. The summed E-state index contributed by atoms with van der Waals surface area (Å²) in [5.74, 6) is -1.82. The summed E-state index contributed by atoms with van der Waals surface area (Å²) in [7, 11) is 0. The van der Waals surface area contributed by atoms with Crippen LogP contribution in [0.1, 0.15) is 132 Å². The van der Waals surface area contributed by atoms with Crippen LogP contribution >= 0.6 is 0 Å². The maximum absolute atomic E-state index is 14.4. The molecule has 0 radical (unpaired) electrons. The van der Waals surface area contributed by atoms with Crippen LogP contribution < -0.4 is 5.32 Å². The van der Waals surface area contributed by atoms with E-state index in [1.54, 1.807) is 26.2 Å². The number of Topliss-reactive ketones (excluding diaryl/α,β-unsaturated/α-hetero) is 2. The predicted octanol–water partition coefficient (Wildman–Crippen LogP) is 7.66. The summed E-state index contributed by atoms with van der Waals surface area (Å²) in [6, 6.07) is 3.63. The van der Waals surface area contributed by atoms with E-state index in [4.69, 9.17) is 4.74 Å². The number of carbonyl (C=O) groups is 5. The molecule has 2 N–H and O–H groups in total. The largest absolute Gasteiger partial charge is 0.481 e. The van der Waals surface area contributed by atoms with Gasteiger partial charge < -0.3 is 15.2 Å². The average molecular weight is 717 g/mol. The van der Waals surface area contributed by atoms with E-state index in [1.807, 2.05) is 26.0 Å². The van der Waals surface area contributed by atoms with Crippen molar-refractivity contribution in [3.05, 3.63) is 41.2 Å². The summed E-state index contributed by atoms with van der Waals surface area (Å²) in [6.07, 6.45) is 9.69. The normalized spacial score (nSPS) is 36.6. The van der Waals surface area contributed by atoms with E-state index in [-0.39, 0.29) is 64.8 Å². The highest BCUT2D eigenvalue weighted by Crippen LogP contribution is 2.76. The second-order valence-corrected chi connectivity index (χ2v) is 19.4. The van der Waals surface area contributed by atoms with Gasteiger partial charge in [0, 0.05) is 30.8 Å². The molecule has 1 aromatic rings. The Hall–Kier alpha value is -3.36. The van der Waals surface area contributed by atoms with Gasteiger partial charge in [0.2, 0.25) is 5.78 Å². The summed E-state index contributed by atoms with van der Waals surface area (Å²) in [6.45, 7) is 19.3. The van der Waals surface area contributed by atoms with Gasteiger partial charge in [-0.1, -0.05) is 48.5 Å². The number of fused-ring (bicyclic) bond motifs is 7. The highest BCUT2D eigenvalue weighted by atomic mass is 16.5. The lowest BCUT2D eigenvalue weighted by atomic mass is 9.33. The minimum atomic E-state index is -1.19. The molecule has 1 heterocycles. The second kappa shape index (κ2) is 12.9. The molecule has 9 heteroatoms. The third-order valence-electron chi connectivity index (χ3n) is 15.7. The SMILES string of the molecule is CC(C)C1=C2[C@H]3CC[C@@H]4[C@@]5(C)CC[C@H](OC(=O)CC(C)(C)C(=O)O)C(C)(C)[C@@H]5CC[C@@]4(C)[C@]3(C)CC[C@@]2(C(=O)C(=O)NCc2ccncc2)CC1=O. The molecule has 4 fully saturated rings. The fourth-order valence-corrected chi connectivity index (χ4v) is 12.7. The number of carboxylic acids is 1. The molecule has 0 aliphatic heterocycles. The van der Waals surface area contributed by atoms with Crippen molar-refractivity contribution >= 4 is 29.4 Å². The lowest BCUT2D eigenvalue weighted by Crippen LogP contribution is -2.66. The van der Waals surface area contributed by atoms with Crippen LogP contribution in [-0.2, 0) is 35.3 Å². The molecular weight excluding hydrogens is 656 g/mol. The van der Waals surface area contributed by atoms with Crippen LogP contribution in [0.4, 0.5) is 0 Å². The lowest BCUT2D eigenvalue weighted by molar-refractivity contribution is -0.233. The standard InChI is InChI=1S/C43H60N2O7/c1-25(2)33-28(46)22-43(35(48)36(49)45-24-26-14-20-44-21-15-26)19-18-41(8)27(34(33)43)10-11-30-40(7)16-13-31(52-32(47)23-38(3,4)37(50)51)39(5,6)29(40)12-17-42(30,41)9/h14-15,20-21,25,27,29-31H,10-13,16-19,22-24H2,1-9H3,(H,45,49)(H,50,51)/t27-,29+,30-,31+,40+,41-,42-,43-/m1/s1. The number of nitrogens with one attached hydrogen (secondary N) is 1. The molecule has 1 aromatic heterocycles. The summed E-state index contributed by atoms with van der Waals surface area (Å²) >= 11 is 0. The molecule has 5 aliphatic rings. The first-order valence-electron chi connectivity index (χ1n) is 19.6. The minimum absolute atomic E-state index is 0.00826. The molecule has 0 unspecified atom stereocenters. The van der Waals surface area contributed by atoms with E-state index in [0.29, 0.717) is 18.3 Å². The van der Waals surface area contributed by atoms with E-state index < -0.39 is 34.5 Å². The van der Waals surface area contributed by atoms with Crippen LogP contribution in [0.2, 0.25) is 0 Å². The number of carboxylic acid groups (broad SMARTS) is 1. The van der Waals surface area contributed by atoms with E-state index in [9.17, 15) is 29.1 Å². The van der Waals surface area contributed by atoms with Gasteiger partial charge in [0.1, 0.15) is 6.10 Å². The number of ketones is 2. The van der Waals surface area contributed by atoms with Crippen molar-refractivity contribution < 1.29 is 33.8 Å². The molecule has 1 amide bonds. The van der Waals surface area contributed by atoms with Crippen molar-refractivity contribution in [1.29, 1.82) is 0 Å². The zero-order valence-corrected chi connectivity index (χ0v) is 32.8.